The lowest BCUT2D eigenvalue weighted by molar-refractivity contribution is 0.647. The Morgan fingerprint density at radius 2 is 1.04 bits per heavy atom. The van der Waals surface area contributed by atoms with E-state index in [1.165, 1.54) is 60.7 Å². The van der Waals surface area contributed by atoms with Gasteiger partial charge in [-0.2, -0.15) is 0 Å². The molecule has 0 saturated carbocycles. The van der Waals surface area contributed by atoms with Crippen LogP contribution in [0.5, 0.6) is 0 Å². The third-order valence-electron chi connectivity index (χ3n) is 10.8. The maximum absolute atomic E-state index is 6.58. The summed E-state index contributed by atoms with van der Waals surface area (Å²) in [7, 11) is 0. The van der Waals surface area contributed by atoms with Crippen LogP contribution in [0.1, 0.15) is 25.0 Å². The van der Waals surface area contributed by atoms with Crippen LogP contribution in [-0.4, -0.2) is 0 Å². The number of anilines is 3. The normalized spacial score (nSPS) is 13.1. The summed E-state index contributed by atoms with van der Waals surface area (Å²) in [4.78, 5) is 2.40. The second-order valence-electron chi connectivity index (χ2n) is 14.1. The second-order valence-corrected chi connectivity index (χ2v) is 14.1. The van der Waals surface area contributed by atoms with Crippen LogP contribution in [0.4, 0.5) is 17.1 Å². The highest BCUT2D eigenvalue weighted by molar-refractivity contribution is 6.17. The molecule has 0 fully saturated rings. The topological polar surface area (TPSA) is 16.4 Å². The molecular formula is C49H35NO. The van der Waals surface area contributed by atoms with E-state index in [2.05, 4.69) is 195 Å². The van der Waals surface area contributed by atoms with Gasteiger partial charge in [-0.3, -0.25) is 0 Å². The first-order chi connectivity index (χ1) is 25.0. The fourth-order valence-corrected chi connectivity index (χ4v) is 8.32. The molecule has 10 rings (SSSR count). The van der Waals surface area contributed by atoms with Gasteiger partial charge in [0.2, 0.25) is 0 Å². The van der Waals surface area contributed by atoms with Crippen molar-refractivity contribution in [2.75, 3.05) is 4.90 Å². The van der Waals surface area contributed by atoms with Crippen LogP contribution in [0, 0.1) is 0 Å². The first-order valence-electron chi connectivity index (χ1n) is 17.7. The van der Waals surface area contributed by atoms with Crippen molar-refractivity contribution in [2.24, 2.45) is 0 Å². The van der Waals surface area contributed by atoms with Crippen molar-refractivity contribution in [3.8, 4) is 33.4 Å². The van der Waals surface area contributed by atoms with Gasteiger partial charge in [-0.05, 0) is 98.2 Å². The summed E-state index contributed by atoms with van der Waals surface area (Å²) in [6.07, 6.45) is 0. The first-order valence-corrected chi connectivity index (χ1v) is 17.7. The molecule has 2 nitrogen and oxygen atoms in total. The molecule has 1 aliphatic rings. The number of nitrogens with zero attached hydrogens (tertiary/aromatic N) is 1. The van der Waals surface area contributed by atoms with E-state index in [1.54, 1.807) is 0 Å². The Morgan fingerprint density at radius 3 is 1.82 bits per heavy atom. The van der Waals surface area contributed by atoms with Crippen LogP contribution in [-0.2, 0) is 5.41 Å². The van der Waals surface area contributed by atoms with E-state index in [9.17, 15) is 0 Å². The largest absolute Gasteiger partial charge is 0.456 e. The van der Waals surface area contributed by atoms with Gasteiger partial charge in [0.25, 0.3) is 0 Å². The van der Waals surface area contributed by atoms with Gasteiger partial charge < -0.3 is 9.32 Å². The number of hydrogen-bond acceptors (Lipinski definition) is 2. The van der Waals surface area contributed by atoms with E-state index < -0.39 is 0 Å². The predicted octanol–water partition coefficient (Wildman–Crippen LogP) is 13.8. The molecule has 51 heavy (non-hydrogen) atoms. The summed E-state index contributed by atoms with van der Waals surface area (Å²) in [6.45, 7) is 4.70. The number of benzene rings is 8. The minimum absolute atomic E-state index is 0.217. The SMILES string of the molecule is CC1(C)c2ccc(N(c3ccc(-c4ccccc4)cc3)c3ccc4ccccc4c3)cc2-c2c1cc1oc3ccccc3c1c2-c1ccccc1. The number of rotatable bonds is 5. The third kappa shape index (κ3) is 4.64. The summed E-state index contributed by atoms with van der Waals surface area (Å²) < 4.78 is 6.58. The number of furan rings is 1. The van der Waals surface area contributed by atoms with Crippen molar-refractivity contribution in [3.63, 3.8) is 0 Å². The molecule has 0 unspecified atom stereocenters. The molecule has 1 heterocycles. The smallest absolute Gasteiger partial charge is 0.136 e. The molecule has 0 bridgehead atoms. The summed E-state index contributed by atoms with van der Waals surface area (Å²) in [5, 5.41) is 4.77. The molecule has 0 atom stereocenters. The maximum atomic E-state index is 6.58. The molecule has 8 aromatic carbocycles. The Kier molecular flexibility index (Phi) is 6.56. The molecule has 1 aromatic heterocycles. The van der Waals surface area contributed by atoms with Gasteiger partial charge in [-0.1, -0.05) is 141 Å². The molecular weight excluding hydrogens is 619 g/mol. The van der Waals surface area contributed by atoms with Gasteiger partial charge in [0.15, 0.2) is 0 Å². The van der Waals surface area contributed by atoms with E-state index in [-0.39, 0.29) is 5.41 Å². The summed E-state index contributed by atoms with van der Waals surface area (Å²) in [6, 6.07) is 63.6. The number of hydrogen-bond donors (Lipinski definition) is 0. The van der Waals surface area contributed by atoms with E-state index in [0.29, 0.717) is 0 Å². The summed E-state index contributed by atoms with van der Waals surface area (Å²) in [5.41, 5.74) is 15.0. The first kappa shape index (κ1) is 29.5. The van der Waals surface area contributed by atoms with Crippen molar-refractivity contribution in [1.82, 2.24) is 0 Å². The lowest BCUT2D eigenvalue weighted by atomic mass is 9.81. The molecule has 2 heteroatoms. The molecule has 0 saturated heterocycles. The van der Waals surface area contributed by atoms with E-state index in [0.717, 1.165) is 33.6 Å². The van der Waals surface area contributed by atoms with Gasteiger partial charge in [0.05, 0.1) is 0 Å². The quantitative estimate of drug-likeness (QED) is 0.184. The predicted molar refractivity (Wildman–Crippen MR) is 214 cm³/mol. The van der Waals surface area contributed by atoms with Crippen LogP contribution in [0.3, 0.4) is 0 Å². The van der Waals surface area contributed by atoms with Crippen LogP contribution < -0.4 is 4.90 Å². The minimum atomic E-state index is -0.217. The Labute approximate surface area is 297 Å². The zero-order valence-electron chi connectivity index (χ0n) is 28.6. The van der Waals surface area contributed by atoms with Gasteiger partial charge >= 0.3 is 0 Å². The van der Waals surface area contributed by atoms with Crippen molar-refractivity contribution in [1.29, 1.82) is 0 Å². The average molecular weight is 654 g/mol. The molecule has 0 amide bonds. The van der Waals surface area contributed by atoms with Gasteiger partial charge in [0, 0.05) is 38.8 Å². The minimum Gasteiger partial charge on any atom is -0.456 e. The number of para-hydroxylation sites is 1. The second kappa shape index (κ2) is 11.3. The molecule has 0 radical (unpaired) electrons. The number of fused-ring (bicyclic) bond motifs is 7. The molecule has 1 aliphatic carbocycles. The van der Waals surface area contributed by atoms with Gasteiger partial charge in [-0.15, -0.1) is 0 Å². The summed E-state index contributed by atoms with van der Waals surface area (Å²) in [5.74, 6) is 0. The van der Waals surface area contributed by atoms with Crippen LogP contribution in [0.25, 0.3) is 66.1 Å². The zero-order valence-corrected chi connectivity index (χ0v) is 28.6. The van der Waals surface area contributed by atoms with Crippen molar-refractivity contribution < 1.29 is 4.42 Å². The van der Waals surface area contributed by atoms with Crippen LogP contribution >= 0.6 is 0 Å². The third-order valence-corrected chi connectivity index (χ3v) is 10.8. The highest BCUT2D eigenvalue weighted by Crippen LogP contribution is 2.56. The van der Waals surface area contributed by atoms with Crippen LogP contribution in [0.15, 0.2) is 180 Å². The monoisotopic (exact) mass is 653 g/mol. The molecule has 9 aromatic rings. The van der Waals surface area contributed by atoms with E-state index >= 15 is 0 Å². The summed E-state index contributed by atoms with van der Waals surface area (Å²) >= 11 is 0. The van der Waals surface area contributed by atoms with Gasteiger partial charge in [0.1, 0.15) is 11.2 Å². The van der Waals surface area contributed by atoms with E-state index in [4.69, 9.17) is 4.42 Å². The maximum Gasteiger partial charge on any atom is 0.136 e. The Balaban J connectivity index is 1.23. The molecule has 242 valence electrons. The highest BCUT2D eigenvalue weighted by atomic mass is 16.3. The van der Waals surface area contributed by atoms with E-state index in [1.807, 2.05) is 0 Å². The Hall–Kier alpha value is -6.38. The van der Waals surface area contributed by atoms with Crippen molar-refractivity contribution >= 4 is 49.8 Å². The highest BCUT2D eigenvalue weighted by Gasteiger charge is 2.39. The van der Waals surface area contributed by atoms with Crippen molar-refractivity contribution in [2.45, 2.75) is 19.3 Å². The Bertz CT molecular complexity index is 2760. The lowest BCUT2D eigenvalue weighted by Crippen LogP contribution is -2.15. The lowest BCUT2D eigenvalue weighted by Gasteiger charge is -2.27. The van der Waals surface area contributed by atoms with Crippen molar-refractivity contribution in [3.05, 3.63) is 187 Å². The molecule has 0 N–H and O–H groups in total. The standard InChI is InChI=1S/C49H35NO/c1-49(2)42-28-27-39(30-41(42)47-43(49)31-45-48(40-19-11-12-20-44(40)51-45)46(47)35-16-7-4-8-17-35)50(38-26-23-33-15-9-10-18-36(33)29-38)37-24-21-34(22-25-37)32-13-5-3-6-14-32/h3-31H,1-2H3. The fraction of sp³-hybridized carbons (Fsp3) is 0.0612. The average Bonchev–Trinajstić information content (AvgIpc) is 3.66. The zero-order chi connectivity index (χ0) is 34.1. The Morgan fingerprint density at radius 1 is 0.431 bits per heavy atom. The molecule has 0 aliphatic heterocycles. The van der Waals surface area contributed by atoms with Gasteiger partial charge in [-0.25, -0.2) is 0 Å². The van der Waals surface area contributed by atoms with Crippen LogP contribution in [0.2, 0.25) is 0 Å². The fourth-order valence-electron chi connectivity index (χ4n) is 8.32. The molecule has 0 spiro atoms.